The maximum absolute atomic E-state index is 12.2. The number of carbonyl (C=O) groups is 1. The summed E-state index contributed by atoms with van der Waals surface area (Å²) in [5, 5.41) is 4.01. The van der Waals surface area contributed by atoms with Crippen LogP contribution in [0.15, 0.2) is 35.3 Å². The second kappa shape index (κ2) is 7.02. The van der Waals surface area contributed by atoms with Crippen LogP contribution in [0.2, 0.25) is 0 Å². The summed E-state index contributed by atoms with van der Waals surface area (Å²) in [6.45, 7) is 1.89. The summed E-state index contributed by atoms with van der Waals surface area (Å²) in [7, 11) is 3.04. The van der Waals surface area contributed by atoms with Gasteiger partial charge in [0.25, 0.3) is 5.56 Å². The van der Waals surface area contributed by atoms with E-state index in [4.69, 9.17) is 0 Å². The van der Waals surface area contributed by atoms with Crippen LogP contribution in [0.3, 0.4) is 0 Å². The van der Waals surface area contributed by atoms with Gasteiger partial charge >= 0.3 is 5.97 Å². The minimum atomic E-state index is -0.218. The van der Waals surface area contributed by atoms with Gasteiger partial charge in [-0.3, -0.25) is 9.59 Å². The van der Waals surface area contributed by atoms with Crippen LogP contribution in [0.4, 0.5) is 0 Å². The van der Waals surface area contributed by atoms with Crippen molar-refractivity contribution in [2.75, 3.05) is 7.11 Å². The van der Waals surface area contributed by atoms with E-state index >= 15 is 0 Å². The highest BCUT2D eigenvalue weighted by molar-refractivity contribution is 5.69. The zero-order valence-corrected chi connectivity index (χ0v) is 13.1. The van der Waals surface area contributed by atoms with E-state index in [9.17, 15) is 9.59 Å². The number of methoxy groups -OCH3 is 1. The van der Waals surface area contributed by atoms with E-state index in [1.807, 2.05) is 31.2 Å². The first-order valence-electron chi connectivity index (χ1n) is 7.17. The number of aromatic nitrogens is 2. The molecule has 0 N–H and O–H groups in total. The summed E-state index contributed by atoms with van der Waals surface area (Å²) in [5.41, 5.74) is 3.69. The zero-order valence-electron chi connectivity index (χ0n) is 13.1. The van der Waals surface area contributed by atoms with Gasteiger partial charge in [-0.15, -0.1) is 0 Å². The molecule has 0 aliphatic carbocycles. The van der Waals surface area contributed by atoms with Crippen molar-refractivity contribution in [1.82, 2.24) is 9.78 Å². The molecule has 1 heterocycles. The van der Waals surface area contributed by atoms with Gasteiger partial charge in [0.15, 0.2) is 0 Å². The number of rotatable bonds is 5. The van der Waals surface area contributed by atoms with Gasteiger partial charge in [0.1, 0.15) is 0 Å². The number of esters is 1. The SMILES string of the molecule is COC(=O)CCc1cccc(Cc2c(C)cnn(C)c2=O)c1. The molecule has 0 amide bonds. The van der Waals surface area contributed by atoms with Crippen LogP contribution in [0.5, 0.6) is 0 Å². The number of ether oxygens (including phenoxy) is 1. The van der Waals surface area contributed by atoms with Crippen LogP contribution in [-0.2, 0) is 29.4 Å². The molecule has 2 rings (SSSR count). The fourth-order valence-corrected chi connectivity index (χ4v) is 2.33. The maximum atomic E-state index is 12.2. The Kier molecular flexibility index (Phi) is 5.09. The monoisotopic (exact) mass is 300 g/mol. The van der Waals surface area contributed by atoms with Crippen LogP contribution >= 0.6 is 0 Å². The molecule has 1 aromatic carbocycles. The number of carbonyl (C=O) groups excluding carboxylic acids is 1. The van der Waals surface area contributed by atoms with Gasteiger partial charge in [0.2, 0.25) is 0 Å². The minimum Gasteiger partial charge on any atom is -0.469 e. The van der Waals surface area contributed by atoms with E-state index in [1.54, 1.807) is 13.2 Å². The van der Waals surface area contributed by atoms with Crippen LogP contribution in [0.1, 0.15) is 28.7 Å². The van der Waals surface area contributed by atoms with Crippen molar-refractivity contribution in [1.29, 1.82) is 0 Å². The molecule has 0 atom stereocenters. The Morgan fingerprint density at radius 1 is 1.32 bits per heavy atom. The molecule has 1 aromatic heterocycles. The minimum absolute atomic E-state index is 0.0695. The van der Waals surface area contributed by atoms with E-state index in [2.05, 4.69) is 9.84 Å². The molecule has 0 unspecified atom stereocenters. The van der Waals surface area contributed by atoms with E-state index in [-0.39, 0.29) is 11.5 Å². The first kappa shape index (κ1) is 15.9. The Hall–Kier alpha value is -2.43. The van der Waals surface area contributed by atoms with Gasteiger partial charge in [-0.05, 0) is 30.0 Å². The summed E-state index contributed by atoms with van der Waals surface area (Å²) in [6.07, 6.45) is 3.26. The number of hydrogen-bond donors (Lipinski definition) is 0. The second-order valence-electron chi connectivity index (χ2n) is 5.31. The highest BCUT2D eigenvalue weighted by Crippen LogP contribution is 2.13. The highest BCUT2D eigenvalue weighted by Gasteiger charge is 2.08. The van der Waals surface area contributed by atoms with Crippen molar-refractivity contribution in [3.05, 3.63) is 63.1 Å². The normalized spacial score (nSPS) is 10.5. The maximum Gasteiger partial charge on any atom is 0.305 e. The number of nitrogens with zero attached hydrogens (tertiary/aromatic N) is 2. The average molecular weight is 300 g/mol. The third-order valence-electron chi connectivity index (χ3n) is 3.67. The summed E-state index contributed by atoms with van der Waals surface area (Å²) in [6, 6.07) is 7.94. The Balaban J connectivity index is 2.19. The molecule has 0 saturated carbocycles. The number of benzene rings is 1. The lowest BCUT2D eigenvalue weighted by Crippen LogP contribution is -2.24. The third-order valence-corrected chi connectivity index (χ3v) is 3.67. The van der Waals surface area contributed by atoms with Crippen molar-refractivity contribution in [2.45, 2.75) is 26.2 Å². The fourth-order valence-electron chi connectivity index (χ4n) is 2.33. The molecule has 0 spiro atoms. The molecule has 116 valence electrons. The Bertz CT molecular complexity index is 735. The predicted molar refractivity (Wildman–Crippen MR) is 83.8 cm³/mol. The summed E-state index contributed by atoms with van der Waals surface area (Å²) in [5.74, 6) is -0.218. The lowest BCUT2D eigenvalue weighted by molar-refractivity contribution is -0.140. The molecule has 2 aromatic rings. The Labute approximate surface area is 129 Å². The first-order chi connectivity index (χ1) is 10.5. The molecule has 5 heteroatoms. The number of aryl methyl sites for hydroxylation is 3. The van der Waals surface area contributed by atoms with E-state index in [0.717, 1.165) is 22.3 Å². The van der Waals surface area contributed by atoms with E-state index in [0.29, 0.717) is 19.3 Å². The molecule has 0 saturated heterocycles. The van der Waals surface area contributed by atoms with Crippen molar-refractivity contribution in [2.24, 2.45) is 7.05 Å². The molecular weight excluding hydrogens is 280 g/mol. The highest BCUT2D eigenvalue weighted by atomic mass is 16.5. The summed E-state index contributed by atoms with van der Waals surface area (Å²) >= 11 is 0. The van der Waals surface area contributed by atoms with Crippen LogP contribution in [0.25, 0.3) is 0 Å². The van der Waals surface area contributed by atoms with Gasteiger partial charge in [-0.1, -0.05) is 24.3 Å². The van der Waals surface area contributed by atoms with Crippen LogP contribution in [-0.4, -0.2) is 22.9 Å². The lowest BCUT2D eigenvalue weighted by atomic mass is 10.00. The molecule has 0 radical (unpaired) electrons. The lowest BCUT2D eigenvalue weighted by Gasteiger charge is -2.08. The van der Waals surface area contributed by atoms with Crippen LogP contribution in [0, 0.1) is 6.92 Å². The first-order valence-corrected chi connectivity index (χ1v) is 7.17. The molecule has 5 nitrogen and oxygen atoms in total. The molecular formula is C17H20N2O3. The smallest absolute Gasteiger partial charge is 0.305 e. The van der Waals surface area contributed by atoms with Crippen molar-refractivity contribution >= 4 is 5.97 Å². The zero-order chi connectivity index (χ0) is 16.1. The average Bonchev–Trinajstić information content (AvgIpc) is 2.53. The van der Waals surface area contributed by atoms with Gasteiger partial charge in [-0.25, -0.2) is 4.68 Å². The van der Waals surface area contributed by atoms with Crippen molar-refractivity contribution in [3.8, 4) is 0 Å². The largest absolute Gasteiger partial charge is 0.469 e. The van der Waals surface area contributed by atoms with Crippen LogP contribution < -0.4 is 5.56 Å². The molecule has 0 bridgehead atoms. The van der Waals surface area contributed by atoms with Crippen molar-refractivity contribution < 1.29 is 9.53 Å². The molecule has 0 aliphatic heterocycles. The molecule has 0 fully saturated rings. The Morgan fingerprint density at radius 3 is 2.77 bits per heavy atom. The topological polar surface area (TPSA) is 61.2 Å². The van der Waals surface area contributed by atoms with Gasteiger partial charge in [0.05, 0.1) is 13.3 Å². The quantitative estimate of drug-likeness (QED) is 0.790. The second-order valence-corrected chi connectivity index (χ2v) is 5.31. The third kappa shape index (κ3) is 3.81. The fraction of sp³-hybridized carbons (Fsp3) is 0.353. The van der Waals surface area contributed by atoms with Gasteiger partial charge < -0.3 is 4.74 Å². The standard InChI is InChI=1S/C17H20N2O3/c1-12-11-18-19(2)17(21)15(12)10-14-6-4-5-13(9-14)7-8-16(20)22-3/h4-6,9,11H,7-8,10H2,1-3H3. The summed E-state index contributed by atoms with van der Waals surface area (Å²) in [4.78, 5) is 23.4. The predicted octanol–water partition coefficient (Wildman–Crippen LogP) is 1.79. The number of hydrogen-bond acceptors (Lipinski definition) is 4. The Morgan fingerprint density at radius 2 is 2.05 bits per heavy atom. The molecule has 22 heavy (non-hydrogen) atoms. The van der Waals surface area contributed by atoms with E-state index in [1.165, 1.54) is 11.8 Å². The van der Waals surface area contributed by atoms with Crippen molar-refractivity contribution in [3.63, 3.8) is 0 Å². The summed E-state index contributed by atoms with van der Waals surface area (Å²) < 4.78 is 6.00. The van der Waals surface area contributed by atoms with Gasteiger partial charge in [-0.2, -0.15) is 5.10 Å². The van der Waals surface area contributed by atoms with E-state index < -0.39 is 0 Å². The molecule has 0 aliphatic rings. The van der Waals surface area contributed by atoms with Gasteiger partial charge in [0, 0.05) is 25.5 Å².